The Kier molecular flexibility index (Phi) is 5.46. The van der Waals surface area contributed by atoms with Crippen LogP contribution in [0.15, 0.2) is 0 Å². The minimum absolute atomic E-state index is 0.750. The summed E-state index contributed by atoms with van der Waals surface area (Å²) >= 11 is 0. The van der Waals surface area contributed by atoms with Crippen LogP contribution in [0.5, 0.6) is 0 Å². The van der Waals surface area contributed by atoms with E-state index in [1.807, 2.05) is 0 Å². The second kappa shape index (κ2) is 6.88. The van der Waals surface area contributed by atoms with Gasteiger partial charge < -0.3 is 9.80 Å². The molecular formula is C15H31N3. The Morgan fingerprint density at radius 1 is 0.889 bits per heavy atom. The van der Waals surface area contributed by atoms with Crippen LogP contribution in [0.25, 0.3) is 0 Å². The lowest BCUT2D eigenvalue weighted by atomic mass is 9.95. The number of piperidine rings is 1. The molecule has 0 N–H and O–H groups in total. The third-order valence-electron chi connectivity index (χ3n) is 4.93. The molecule has 2 aliphatic heterocycles. The molecular weight excluding hydrogens is 222 g/mol. The maximum absolute atomic E-state index is 2.71. The summed E-state index contributed by atoms with van der Waals surface area (Å²) in [5.41, 5.74) is 0. The van der Waals surface area contributed by atoms with Gasteiger partial charge in [0.15, 0.2) is 0 Å². The maximum Gasteiger partial charge on any atom is 0.0195 e. The SMILES string of the molecule is CCN1CCC(CN2CCN(CC)[C@@H](C)C2)CC1. The highest BCUT2D eigenvalue weighted by atomic mass is 15.3. The molecule has 18 heavy (non-hydrogen) atoms. The van der Waals surface area contributed by atoms with E-state index in [2.05, 4.69) is 35.5 Å². The molecule has 2 aliphatic rings. The lowest BCUT2D eigenvalue weighted by molar-refractivity contribution is 0.0651. The van der Waals surface area contributed by atoms with Gasteiger partial charge in [-0.3, -0.25) is 4.90 Å². The molecule has 3 heteroatoms. The van der Waals surface area contributed by atoms with E-state index in [9.17, 15) is 0 Å². The Bertz CT molecular complexity index is 236. The first kappa shape index (κ1) is 14.3. The van der Waals surface area contributed by atoms with Crippen molar-refractivity contribution < 1.29 is 0 Å². The molecule has 2 fully saturated rings. The molecule has 0 unspecified atom stereocenters. The van der Waals surface area contributed by atoms with Crippen LogP contribution in [-0.4, -0.2) is 73.1 Å². The zero-order chi connectivity index (χ0) is 13.0. The van der Waals surface area contributed by atoms with E-state index < -0.39 is 0 Å². The minimum atomic E-state index is 0.750. The lowest BCUT2D eigenvalue weighted by Crippen LogP contribution is -2.53. The Hall–Kier alpha value is -0.120. The van der Waals surface area contributed by atoms with Gasteiger partial charge in [0.05, 0.1) is 0 Å². The fourth-order valence-corrected chi connectivity index (χ4v) is 3.56. The number of piperazine rings is 1. The van der Waals surface area contributed by atoms with Crippen LogP contribution >= 0.6 is 0 Å². The number of nitrogens with zero attached hydrogens (tertiary/aromatic N) is 3. The second-order valence-electron chi connectivity index (χ2n) is 6.11. The monoisotopic (exact) mass is 253 g/mol. The summed E-state index contributed by atoms with van der Waals surface area (Å²) in [6.45, 7) is 17.2. The Labute approximate surface area is 113 Å². The molecule has 0 aromatic rings. The Morgan fingerprint density at radius 3 is 2.17 bits per heavy atom. The summed E-state index contributed by atoms with van der Waals surface area (Å²) in [5.74, 6) is 0.952. The quantitative estimate of drug-likeness (QED) is 0.756. The average molecular weight is 253 g/mol. The average Bonchev–Trinajstić information content (AvgIpc) is 2.40. The molecule has 0 amide bonds. The molecule has 0 spiro atoms. The van der Waals surface area contributed by atoms with E-state index in [-0.39, 0.29) is 0 Å². The van der Waals surface area contributed by atoms with Crippen molar-refractivity contribution in [1.82, 2.24) is 14.7 Å². The fourth-order valence-electron chi connectivity index (χ4n) is 3.56. The van der Waals surface area contributed by atoms with Gasteiger partial charge in [-0.15, -0.1) is 0 Å². The number of hydrogen-bond acceptors (Lipinski definition) is 3. The maximum atomic E-state index is 2.71. The third kappa shape index (κ3) is 3.69. The molecule has 106 valence electrons. The zero-order valence-electron chi connectivity index (χ0n) is 12.6. The van der Waals surface area contributed by atoms with Gasteiger partial charge in [-0.2, -0.15) is 0 Å². The number of likely N-dealkylation sites (tertiary alicyclic amines) is 1. The topological polar surface area (TPSA) is 9.72 Å². The smallest absolute Gasteiger partial charge is 0.0195 e. The van der Waals surface area contributed by atoms with Crippen molar-refractivity contribution >= 4 is 0 Å². The van der Waals surface area contributed by atoms with Gasteiger partial charge in [-0.25, -0.2) is 0 Å². The van der Waals surface area contributed by atoms with Gasteiger partial charge >= 0.3 is 0 Å². The highest BCUT2D eigenvalue weighted by molar-refractivity contribution is 4.81. The first-order valence-corrected chi connectivity index (χ1v) is 7.91. The van der Waals surface area contributed by atoms with Crippen molar-refractivity contribution in [1.29, 1.82) is 0 Å². The lowest BCUT2D eigenvalue weighted by Gasteiger charge is -2.41. The summed E-state index contributed by atoms with van der Waals surface area (Å²) in [7, 11) is 0. The summed E-state index contributed by atoms with van der Waals surface area (Å²) in [6, 6.07) is 0.750. The molecule has 3 nitrogen and oxygen atoms in total. The normalized spacial score (nSPS) is 29.8. The predicted octanol–water partition coefficient (Wildman–Crippen LogP) is 1.74. The highest BCUT2D eigenvalue weighted by Gasteiger charge is 2.25. The van der Waals surface area contributed by atoms with Crippen molar-refractivity contribution in [3.63, 3.8) is 0 Å². The predicted molar refractivity (Wildman–Crippen MR) is 78.0 cm³/mol. The van der Waals surface area contributed by atoms with E-state index in [0.29, 0.717) is 0 Å². The van der Waals surface area contributed by atoms with E-state index in [4.69, 9.17) is 0 Å². The highest BCUT2D eigenvalue weighted by Crippen LogP contribution is 2.19. The number of likely N-dealkylation sites (N-methyl/N-ethyl adjacent to an activating group) is 1. The van der Waals surface area contributed by atoms with Crippen LogP contribution in [-0.2, 0) is 0 Å². The largest absolute Gasteiger partial charge is 0.304 e. The molecule has 0 saturated carbocycles. The molecule has 0 radical (unpaired) electrons. The second-order valence-corrected chi connectivity index (χ2v) is 6.11. The first-order valence-electron chi connectivity index (χ1n) is 7.91. The molecule has 2 rings (SSSR count). The number of rotatable bonds is 4. The van der Waals surface area contributed by atoms with Crippen LogP contribution in [0.1, 0.15) is 33.6 Å². The summed E-state index contributed by atoms with van der Waals surface area (Å²) in [4.78, 5) is 7.91. The van der Waals surface area contributed by atoms with Crippen LogP contribution < -0.4 is 0 Å². The summed E-state index contributed by atoms with van der Waals surface area (Å²) < 4.78 is 0. The van der Waals surface area contributed by atoms with Crippen LogP contribution in [0, 0.1) is 5.92 Å². The van der Waals surface area contributed by atoms with Gasteiger partial charge in [-0.1, -0.05) is 13.8 Å². The van der Waals surface area contributed by atoms with Crippen LogP contribution in [0.3, 0.4) is 0 Å². The van der Waals surface area contributed by atoms with Crippen molar-refractivity contribution in [3.05, 3.63) is 0 Å². The summed E-state index contributed by atoms with van der Waals surface area (Å²) in [6.07, 6.45) is 2.83. The standard InChI is InChI=1S/C15H31N3/c1-4-16-8-6-15(7-9-16)13-17-10-11-18(5-2)14(3)12-17/h14-15H,4-13H2,1-3H3/t14-/m0/s1. The molecule has 1 atom stereocenters. The fraction of sp³-hybridized carbons (Fsp3) is 1.00. The van der Waals surface area contributed by atoms with E-state index in [0.717, 1.165) is 12.0 Å². The van der Waals surface area contributed by atoms with Crippen LogP contribution in [0.2, 0.25) is 0 Å². The molecule has 2 heterocycles. The molecule has 2 saturated heterocycles. The van der Waals surface area contributed by atoms with Crippen molar-refractivity contribution in [2.24, 2.45) is 5.92 Å². The molecule has 0 aromatic heterocycles. The van der Waals surface area contributed by atoms with Crippen molar-refractivity contribution in [2.45, 2.75) is 39.7 Å². The minimum Gasteiger partial charge on any atom is -0.304 e. The molecule has 0 aromatic carbocycles. The van der Waals surface area contributed by atoms with Crippen molar-refractivity contribution in [2.75, 3.05) is 52.4 Å². The van der Waals surface area contributed by atoms with Gasteiger partial charge in [0.25, 0.3) is 0 Å². The third-order valence-corrected chi connectivity index (χ3v) is 4.93. The van der Waals surface area contributed by atoms with Gasteiger partial charge in [0.1, 0.15) is 0 Å². The van der Waals surface area contributed by atoms with Gasteiger partial charge in [0.2, 0.25) is 0 Å². The number of hydrogen-bond donors (Lipinski definition) is 0. The Balaban J connectivity index is 1.71. The van der Waals surface area contributed by atoms with Crippen molar-refractivity contribution in [3.8, 4) is 0 Å². The summed E-state index contributed by atoms with van der Waals surface area (Å²) in [5, 5.41) is 0. The first-order chi connectivity index (χ1) is 8.72. The zero-order valence-corrected chi connectivity index (χ0v) is 12.6. The van der Waals surface area contributed by atoms with E-state index in [1.165, 1.54) is 65.2 Å². The van der Waals surface area contributed by atoms with E-state index in [1.54, 1.807) is 0 Å². The van der Waals surface area contributed by atoms with Gasteiger partial charge in [0, 0.05) is 32.2 Å². The Morgan fingerprint density at radius 2 is 1.61 bits per heavy atom. The van der Waals surface area contributed by atoms with Crippen LogP contribution in [0.4, 0.5) is 0 Å². The van der Waals surface area contributed by atoms with E-state index >= 15 is 0 Å². The van der Waals surface area contributed by atoms with Gasteiger partial charge in [-0.05, 0) is 51.9 Å². The molecule has 0 bridgehead atoms. The molecule has 0 aliphatic carbocycles.